The topological polar surface area (TPSA) is 73.0 Å². The third kappa shape index (κ3) is 3.76. The normalized spacial score (nSPS) is 11.8. The largest absolute Gasteiger partial charge is 0.464 e. The first-order valence-electron chi connectivity index (χ1n) is 8.76. The first-order valence-corrected chi connectivity index (χ1v) is 9.14. The van der Waals surface area contributed by atoms with Crippen LogP contribution in [-0.2, 0) is 17.5 Å². The number of benzene rings is 1. The lowest BCUT2D eigenvalue weighted by molar-refractivity contribution is -0.137. The second kappa shape index (κ2) is 7.49. The number of nitrogens with zero attached hydrogens (tertiary/aromatic N) is 3. The van der Waals surface area contributed by atoms with Crippen molar-refractivity contribution in [2.24, 2.45) is 0 Å². The van der Waals surface area contributed by atoms with Crippen molar-refractivity contribution in [2.45, 2.75) is 19.6 Å². The molecule has 1 amide bonds. The molecule has 0 aliphatic rings. The van der Waals surface area contributed by atoms with Crippen molar-refractivity contribution >= 4 is 34.2 Å². The smallest absolute Gasteiger partial charge is 0.417 e. The Balaban J connectivity index is 1.61. The Hall–Kier alpha value is -3.33. The van der Waals surface area contributed by atoms with Crippen molar-refractivity contribution in [3.05, 3.63) is 65.1 Å². The molecule has 3 heterocycles. The number of halogens is 4. The number of hydrogen-bond acceptors (Lipinski definition) is 4. The number of aromatic nitrogens is 3. The number of fused-ring (bicyclic) bond motifs is 1. The standard InChI is InChI=1S/C20H14ClF3N4O2/c1-11-18-13(16-3-2-8-30-16)6-7-25-19(18)28(27-11)10-17(29)26-12-4-5-15(21)14(9-12)20(22,23)24/h2-9H,10H2,1H3,(H,26,29). The summed E-state index contributed by atoms with van der Waals surface area (Å²) in [4.78, 5) is 16.8. The number of nitrogens with one attached hydrogen (secondary N) is 1. The fraction of sp³-hybridized carbons (Fsp3) is 0.150. The number of alkyl halides is 3. The summed E-state index contributed by atoms with van der Waals surface area (Å²) in [6, 6.07) is 8.53. The highest BCUT2D eigenvalue weighted by Gasteiger charge is 2.33. The quantitative estimate of drug-likeness (QED) is 0.472. The van der Waals surface area contributed by atoms with Gasteiger partial charge >= 0.3 is 6.18 Å². The van der Waals surface area contributed by atoms with Gasteiger partial charge in [-0.3, -0.25) is 4.79 Å². The highest BCUT2D eigenvalue weighted by atomic mass is 35.5. The predicted molar refractivity (Wildman–Crippen MR) is 105 cm³/mol. The minimum absolute atomic E-state index is 0.0193. The minimum Gasteiger partial charge on any atom is -0.464 e. The summed E-state index contributed by atoms with van der Waals surface area (Å²) in [6.45, 7) is 1.54. The average Bonchev–Trinajstić information content (AvgIpc) is 3.31. The molecule has 4 rings (SSSR count). The number of hydrogen-bond donors (Lipinski definition) is 1. The molecule has 0 saturated carbocycles. The van der Waals surface area contributed by atoms with Gasteiger partial charge in [-0.25, -0.2) is 9.67 Å². The number of aryl methyl sites for hydroxylation is 1. The van der Waals surface area contributed by atoms with Crippen LogP contribution in [0.1, 0.15) is 11.3 Å². The first kappa shape index (κ1) is 20.0. The monoisotopic (exact) mass is 434 g/mol. The third-order valence-corrected chi connectivity index (χ3v) is 4.77. The molecule has 0 aliphatic carbocycles. The van der Waals surface area contributed by atoms with Crippen molar-refractivity contribution in [3.63, 3.8) is 0 Å². The second-order valence-corrected chi connectivity index (χ2v) is 6.93. The molecule has 1 N–H and O–H groups in total. The molecule has 4 aromatic rings. The van der Waals surface area contributed by atoms with E-state index in [1.807, 2.05) is 0 Å². The van der Waals surface area contributed by atoms with E-state index in [1.165, 1.54) is 10.7 Å². The van der Waals surface area contributed by atoms with E-state index in [4.69, 9.17) is 16.0 Å². The summed E-state index contributed by atoms with van der Waals surface area (Å²) >= 11 is 5.61. The summed E-state index contributed by atoms with van der Waals surface area (Å²) < 4.78 is 45.9. The van der Waals surface area contributed by atoms with Crippen molar-refractivity contribution in [1.29, 1.82) is 0 Å². The number of furan rings is 1. The summed E-state index contributed by atoms with van der Waals surface area (Å²) in [5.74, 6) is 0.0791. The molecule has 154 valence electrons. The van der Waals surface area contributed by atoms with E-state index >= 15 is 0 Å². The second-order valence-electron chi connectivity index (χ2n) is 6.52. The lowest BCUT2D eigenvalue weighted by atomic mass is 10.1. The van der Waals surface area contributed by atoms with Crippen LogP contribution in [0, 0.1) is 6.92 Å². The minimum atomic E-state index is -4.63. The van der Waals surface area contributed by atoms with Gasteiger partial charge in [0.25, 0.3) is 0 Å². The SMILES string of the molecule is Cc1nn(CC(=O)Nc2ccc(Cl)c(C(F)(F)F)c2)c2nccc(-c3ccco3)c12. The molecule has 0 bridgehead atoms. The number of pyridine rings is 1. The lowest BCUT2D eigenvalue weighted by Gasteiger charge is -2.12. The maximum Gasteiger partial charge on any atom is 0.417 e. The highest BCUT2D eigenvalue weighted by Crippen LogP contribution is 2.36. The number of anilines is 1. The van der Waals surface area contributed by atoms with Crippen LogP contribution in [0.2, 0.25) is 5.02 Å². The van der Waals surface area contributed by atoms with E-state index in [-0.39, 0.29) is 12.2 Å². The molecular formula is C20H14ClF3N4O2. The Morgan fingerprint density at radius 1 is 1.27 bits per heavy atom. The van der Waals surface area contributed by atoms with Crippen molar-refractivity contribution < 1.29 is 22.4 Å². The van der Waals surface area contributed by atoms with E-state index < -0.39 is 22.7 Å². The molecule has 6 nitrogen and oxygen atoms in total. The van der Waals surface area contributed by atoms with Crippen molar-refractivity contribution in [2.75, 3.05) is 5.32 Å². The molecule has 0 unspecified atom stereocenters. The van der Waals surface area contributed by atoms with Crippen LogP contribution in [-0.4, -0.2) is 20.7 Å². The van der Waals surface area contributed by atoms with E-state index in [2.05, 4.69) is 15.4 Å². The number of amides is 1. The summed E-state index contributed by atoms with van der Waals surface area (Å²) in [5.41, 5.74) is 0.842. The molecule has 3 aromatic heterocycles. The van der Waals surface area contributed by atoms with E-state index in [0.717, 1.165) is 23.1 Å². The van der Waals surface area contributed by atoms with Gasteiger partial charge in [0, 0.05) is 17.4 Å². The Bertz CT molecular complexity index is 1230. The molecule has 0 spiro atoms. The van der Waals surface area contributed by atoms with Crippen LogP contribution in [0.4, 0.5) is 18.9 Å². The molecule has 0 aliphatic heterocycles. The zero-order valence-electron chi connectivity index (χ0n) is 15.5. The van der Waals surface area contributed by atoms with Gasteiger partial charge in [0.05, 0.1) is 27.9 Å². The summed E-state index contributed by atoms with van der Waals surface area (Å²) in [6.07, 6.45) is -1.50. The molecule has 1 aromatic carbocycles. The molecule has 10 heteroatoms. The van der Waals surface area contributed by atoms with Crippen LogP contribution in [0.25, 0.3) is 22.4 Å². The summed E-state index contributed by atoms with van der Waals surface area (Å²) in [5, 5.41) is 7.09. The molecule has 0 fully saturated rings. The molecule has 0 saturated heterocycles. The molecule has 0 radical (unpaired) electrons. The van der Waals surface area contributed by atoms with Gasteiger partial charge < -0.3 is 9.73 Å². The van der Waals surface area contributed by atoms with Gasteiger partial charge in [-0.2, -0.15) is 18.3 Å². The van der Waals surface area contributed by atoms with Crippen molar-refractivity contribution in [3.8, 4) is 11.3 Å². The van der Waals surface area contributed by atoms with Crippen LogP contribution in [0.15, 0.2) is 53.3 Å². The maximum atomic E-state index is 13.0. The van der Waals surface area contributed by atoms with Crippen LogP contribution in [0.5, 0.6) is 0 Å². The zero-order valence-corrected chi connectivity index (χ0v) is 16.3. The Morgan fingerprint density at radius 3 is 2.77 bits per heavy atom. The zero-order chi connectivity index (χ0) is 21.5. The molecule has 0 atom stereocenters. The molecular weight excluding hydrogens is 421 g/mol. The van der Waals surface area contributed by atoms with Crippen molar-refractivity contribution in [1.82, 2.24) is 14.8 Å². The third-order valence-electron chi connectivity index (χ3n) is 4.44. The fourth-order valence-electron chi connectivity index (χ4n) is 3.19. The van der Waals surface area contributed by atoms with Crippen LogP contribution >= 0.6 is 11.6 Å². The number of rotatable bonds is 4. The highest BCUT2D eigenvalue weighted by molar-refractivity contribution is 6.31. The van der Waals surface area contributed by atoms with Gasteiger partial charge in [0.2, 0.25) is 5.91 Å². The first-order chi connectivity index (χ1) is 14.2. The van der Waals surface area contributed by atoms with Crippen LogP contribution < -0.4 is 5.32 Å². The Labute approximate surface area is 173 Å². The Morgan fingerprint density at radius 2 is 2.07 bits per heavy atom. The van der Waals surface area contributed by atoms with Gasteiger partial charge in [0.1, 0.15) is 12.3 Å². The average molecular weight is 435 g/mol. The van der Waals surface area contributed by atoms with E-state index in [9.17, 15) is 18.0 Å². The lowest BCUT2D eigenvalue weighted by Crippen LogP contribution is -2.20. The van der Waals surface area contributed by atoms with Gasteiger partial charge in [-0.1, -0.05) is 11.6 Å². The Kier molecular flexibility index (Phi) is 4.98. The maximum absolute atomic E-state index is 13.0. The number of carbonyl (C=O) groups is 1. The van der Waals surface area contributed by atoms with Gasteiger partial charge in [0.15, 0.2) is 5.65 Å². The molecule has 30 heavy (non-hydrogen) atoms. The summed E-state index contributed by atoms with van der Waals surface area (Å²) in [7, 11) is 0. The number of carbonyl (C=O) groups excluding carboxylic acids is 1. The predicted octanol–water partition coefficient (Wildman–Crippen LogP) is 5.31. The van der Waals surface area contributed by atoms with Crippen LogP contribution in [0.3, 0.4) is 0 Å². The van der Waals surface area contributed by atoms with Gasteiger partial charge in [-0.15, -0.1) is 0 Å². The van der Waals surface area contributed by atoms with Gasteiger partial charge in [-0.05, 0) is 43.3 Å². The van der Waals surface area contributed by atoms with E-state index in [1.54, 1.807) is 37.6 Å². The van der Waals surface area contributed by atoms with E-state index in [0.29, 0.717) is 17.1 Å². The fourth-order valence-corrected chi connectivity index (χ4v) is 3.41.